The Labute approximate surface area is 198 Å². The van der Waals surface area contributed by atoms with Crippen molar-refractivity contribution in [3.63, 3.8) is 0 Å². The summed E-state index contributed by atoms with van der Waals surface area (Å²) in [6.45, 7) is 8.28. The third kappa shape index (κ3) is 5.17. The highest BCUT2D eigenvalue weighted by atomic mass is 35.5. The highest BCUT2D eigenvalue weighted by molar-refractivity contribution is 6.32. The molecular weight excluding hydrogens is 436 g/mol. The van der Waals surface area contributed by atoms with Gasteiger partial charge in [-0.2, -0.15) is 9.78 Å². The number of fused-ring (bicyclic) bond motifs is 1. The topological polar surface area (TPSA) is 69.0 Å². The smallest absolute Gasteiger partial charge is 0.225 e. The highest BCUT2D eigenvalue weighted by Crippen LogP contribution is 2.26. The molecule has 2 aromatic carbocycles. The molecule has 0 fully saturated rings. The molecule has 0 aliphatic rings. The van der Waals surface area contributed by atoms with Gasteiger partial charge in [0.15, 0.2) is 5.82 Å². The predicted molar refractivity (Wildman–Crippen MR) is 133 cm³/mol. The van der Waals surface area contributed by atoms with Crippen molar-refractivity contribution < 1.29 is 9.53 Å². The molecule has 0 saturated carbocycles. The first-order valence-electron chi connectivity index (χ1n) is 10.9. The quantitative estimate of drug-likeness (QED) is 0.336. The number of nitrogens with zero attached hydrogens (tertiary/aromatic N) is 3. The Bertz CT molecular complexity index is 1310. The Morgan fingerprint density at radius 2 is 1.76 bits per heavy atom. The van der Waals surface area contributed by atoms with Crippen LogP contribution < -0.4 is 10.1 Å². The number of para-hydroxylation sites is 1. The van der Waals surface area contributed by atoms with E-state index in [9.17, 15) is 4.79 Å². The van der Waals surface area contributed by atoms with E-state index in [-0.39, 0.29) is 5.91 Å². The summed E-state index contributed by atoms with van der Waals surface area (Å²) >= 11 is 6.21. The van der Waals surface area contributed by atoms with Gasteiger partial charge in [-0.1, -0.05) is 29.8 Å². The number of carbonyl (C=O) groups excluding carboxylic acids is 1. The number of ether oxygens (including phenoxy) is 1. The maximum atomic E-state index is 12.6. The van der Waals surface area contributed by atoms with Crippen LogP contribution in [0.15, 0.2) is 48.5 Å². The van der Waals surface area contributed by atoms with Gasteiger partial charge >= 0.3 is 0 Å². The number of amides is 1. The van der Waals surface area contributed by atoms with Crippen LogP contribution in [0.1, 0.15) is 35.2 Å². The van der Waals surface area contributed by atoms with Crippen LogP contribution in [-0.2, 0) is 4.79 Å². The number of aryl methyl sites for hydroxylation is 4. The molecule has 0 bridgehead atoms. The molecule has 0 aliphatic carbocycles. The number of carbonyl (C=O) groups is 1. The van der Waals surface area contributed by atoms with Gasteiger partial charge in [-0.3, -0.25) is 4.79 Å². The van der Waals surface area contributed by atoms with E-state index in [1.165, 1.54) is 0 Å². The molecule has 4 rings (SSSR count). The van der Waals surface area contributed by atoms with Gasteiger partial charge in [0.05, 0.1) is 17.8 Å². The molecule has 6 nitrogen and oxygen atoms in total. The van der Waals surface area contributed by atoms with Crippen molar-refractivity contribution in [2.24, 2.45) is 0 Å². The molecule has 2 aromatic heterocycles. The van der Waals surface area contributed by atoms with Crippen LogP contribution in [0.25, 0.3) is 16.7 Å². The van der Waals surface area contributed by atoms with E-state index in [0.29, 0.717) is 31.1 Å². The molecule has 1 N–H and O–H groups in total. The number of hydrogen-bond donors (Lipinski definition) is 1. The molecular formula is C26H27ClN4O2. The van der Waals surface area contributed by atoms with Crippen LogP contribution in [0.5, 0.6) is 5.75 Å². The van der Waals surface area contributed by atoms with Gasteiger partial charge in [0, 0.05) is 22.9 Å². The van der Waals surface area contributed by atoms with Gasteiger partial charge in [0.25, 0.3) is 0 Å². The Kier molecular flexibility index (Phi) is 6.65. The normalized spacial score (nSPS) is 11.1. The molecule has 0 spiro atoms. The zero-order valence-electron chi connectivity index (χ0n) is 19.3. The first kappa shape index (κ1) is 22.8. The number of aromatic nitrogens is 3. The maximum absolute atomic E-state index is 12.6. The molecule has 0 aliphatic heterocycles. The number of benzene rings is 2. The summed E-state index contributed by atoms with van der Waals surface area (Å²) in [5, 5.41) is 9.37. The van der Waals surface area contributed by atoms with E-state index in [2.05, 4.69) is 10.4 Å². The van der Waals surface area contributed by atoms with E-state index in [0.717, 1.165) is 44.1 Å². The number of rotatable bonds is 7. The number of anilines is 1. The van der Waals surface area contributed by atoms with E-state index in [1.54, 1.807) is 4.68 Å². The predicted octanol–water partition coefficient (Wildman–Crippen LogP) is 6.11. The molecule has 0 radical (unpaired) electrons. The Morgan fingerprint density at radius 1 is 1.03 bits per heavy atom. The first-order chi connectivity index (χ1) is 15.8. The Morgan fingerprint density at radius 3 is 2.52 bits per heavy atom. The lowest BCUT2D eigenvalue weighted by molar-refractivity contribution is -0.116. The minimum absolute atomic E-state index is 0.0965. The summed E-state index contributed by atoms with van der Waals surface area (Å²) in [7, 11) is 0. The first-order valence-corrected chi connectivity index (χ1v) is 11.3. The van der Waals surface area contributed by atoms with Crippen LogP contribution in [0.3, 0.4) is 0 Å². The largest absolute Gasteiger partial charge is 0.494 e. The molecule has 0 saturated heterocycles. The molecule has 170 valence electrons. The second kappa shape index (κ2) is 9.63. The lowest BCUT2D eigenvalue weighted by Crippen LogP contribution is -2.16. The third-order valence-electron chi connectivity index (χ3n) is 5.45. The molecule has 0 unspecified atom stereocenters. The second-order valence-electron chi connectivity index (χ2n) is 8.27. The summed E-state index contributed by atoms with van der Waals surface area (Å²) in [5.74, 6) is 1.94. The van der Waals surface area contributed by atoms with Crippen LogP contribution in [0, 0.1) is 27.7 Å². The second-order valence-corrected chi connectivity index (χ2v) is 8.65. The van der Waals surface area contributed by atoms with Gasteiger partial charge in [-0.25, -0.2) is 4.98 Å². The van der Waals surface area contributed by atoms with Gasteiger partial charge < -0.3 is 10.1 Å². The summed E-state index contributed by atoms with van der Waals surface area (Å²) in [6, 6.07) is 15.6. The highest BCUT2D eigenvalue weighted by Gasteiger charge is 2.13. The Balaban J connectivity index is 1.40. The zero-order valence-corrected chi connectivity index (χ0v) is 20.0. The van der Waals surface area contributed by atoms with E-state index < -0.39 is 0 Å². The van der Waals surface area contributed by atoms with Crippen molar-refractivity contribution in [2.45, 2.75) is 40.5 Å². The minimum Gasteiger partial charge on any atom is -0.494 e. The fraction of sp³-hybridized carbons (Fsp3) is 0.269. The fourth-order valence-electron chi connectivity index (χ4n) is 3.82. The van der Waals surface area contributed by atoms with Crippen molar-refractivity contribution in [2.75, 3.05) is 11.9 Å². The number of pyridine rings is 1. The lowest BCUT2D eigenvalue weighted by Gasteiger charge is -2.11. The molecule has 4 aromatic rings. The number of nitrogens with one attached hydrogen (secondary N) is 1. The fourth-order valence-corrected chi connectivity index (χ4v) is 3.93. The standard InChI is InChI=1S/C26H27ClN4O2/c1-16-14-23(28-22-9-6-5-8-21(16)22)31-24(15-19(4)30-31)29-25(32)10-7-11-33-20-12-17(2)26(27)18(3)13-20/h5-6,8-9,12-15H,7,10-11H2,1-4H3,(H,29,32). The average molecular weight is 463 g/mol. The van der Waals surface area contributed by atoms with E-state index in [4.69, 9.17) is 21.3 Å². The van der Waals surface area contributed by atoms with Crippen molar-refractivity contribution in [1.29, 1.82) is 0 Å². The minimum atomic E-state index is -0.0965. The number of hydrogen-bond acceptors (Lipinski definition) is 4. The van der Waals surface area contributed by atoms with Crippen LogP contribution in [-0.4, -0.2) is 27.3 Å². The molecule has 33 heavy (non-hydrogen) atoms. The van der Waals surface area contributed by atoms with E-state index >= 15 is 0 Å². The van der Waals surface area contributed by atoms with Gasteiger partial charge in [0.2, 0.25) is 5.91 Å². The summed E-state index contributed by atoms with van der Waals surface area (Å²) in [5.41, 5.74) is 4.75. The molecule has 7 heteroatoms. The average Bonchev–Trinajstić information content (AvgIpc) is 3.14. The monoisotopic (exact) mass is 462 g/mol. The van der Waals surface area contributed by atoms with Crippen molar-refractivity contribution in [1.82, 2.24) is 14.8 Å². The van der Waals surface area contributed by atoms with Gasteiger partial charge in [-0.15, -0.1) is 0 Å². The number of halogens is 1. The summed E-state index contributed by atoms with van der Waals surface area (Å²) in [4.78, 5) is 17.3. The third-order valence-corrected chi connectivity index (χ3v) is 6.05. The zero-order chi connectivity index (χ0) is 23.5. The van der Waals surface area contributed by atoms with E-state index in [1.807, 2.05) is 76.2 Å². The molecule has 1 amide bonds. The van der Waals surface area contributed by atoms with Crippen LogP contribution in [0.4, 0.5) is 5.82 Å². The summed E-state index contributed by atoms with van der Waals surface area (Å²) < 4.78 is 7.49. The Hall–Kier alpha value is -3.38. The SMILES string of the molecule is Cc1cc(NC(=O)CCCOc2cc(C)c(Cl)c(C)c2)n(-c2cc(C)c3ccccc3n2)n1. The van der Waals surface area contributed by atoms with Crippen molar-refractivity contribution >= 4 is 34.2 Å². The van der Waals surface area contributed by atoms with Crippen LogP contribution >= 0.6 is 11.6 Å². The maximum Gasteiger partial charge on any atom is 0.225 e. The lowest BCUT2D eigenvalue weighted by atomic mass is 10.1. The van der Waals surface area contributed by atoms with Crippen LogP contribution in [0.2, 0.25) is 5.02 Å². The van der Waals surface area contributed by atoms with Gasteiger partial charge in [-0.05, 0) is 75.1 Å². The molecule has 2 heterocycles. The summed E-state index contributed by atoms with van der Waals surface area (Å²) in [6.07, 6.45) is 0.924. The molecule has 0 atom stereocenters. The van der Waals surface area contributed by atoms with Crippen molar-refractivity contribution in [3.05, 3.63) is 75.9 Å². The van der Waals surface area contributed by atoms with Gasteiger partial charge in [0.1, 0.15) is 11.6 Å². The van der Waals surface area contributed by atoms with Crippen molar-refractivity contribution in [3.8, 4) is 11.6 Å².